The van der Waals surface area contributed by atoms with E-state index >= 15 is 0 Å². The zero-order valence-electron chi connectivity index (χ0n) is 62.2. The third kappa shape index (κ3) is 37.1. The van der Waals surface area contributed by atoms with Gasteiger partial charge in [-0.3, -0.25) is 33.4 Å². The topological polar surface area (TPSA) is 361 Å². The number of rotatable bonds is 23. The number of nitrogens with two attached hydrogens (primary N) is 1. The first-order chi connectivity index (χ1) is 53.7. The molecule has 6 fully saturated rings. The van der Waals surface area contributed by atoms with Gasteiger partial charge < -0.3 is 89.4 Å². The number of likely N-dealkylation sites (tertiary alicyclic amines) is 4. The van der Waals surface area contributed by atoms with Crippen molar-refractivity contribution in [1.29, 1.82) is 0 Å². The van der Waals surface area contributed by atoms with Gasteiger partial charge in [0.1, 0.15) is 70.7 Å². The van der Waals surface area contributed by atoms with Crippen LogP contribution in [0.3, 0.4) is 0 Å². The van der Waals surface area contributed by atoms with E-state index in [-0.39, 0.29) is 151 Å². The van der Waals surface area contributed by atoms with Crippen LogP contribution >= 0.6 is 46.4 Å². The predicted octanol–water partition coefficient (Wildman–Crippen LogP) is 10.3. The number of ether oxygens (including phenoxy) is 10. The number of alkyl halides is 9. The maximum atomic E-state index is 13.3. The number of hydrogen-bond donors (Lipinski definition) is 6. The Kier molecular flexibility index (Phi) is 37.0. The third-order valence-corrected chi connectivity index (χ3v) is 16.7. The second-order valence-electron chi connectivity index (χ2n) is 27.8. The molecule has 2 aliphatic carbocycles. The Morgan fingerprint density at radius 3 is 0.974 bits per heavy atom. The summed E-state index contributed by atoms with van der Waals surface area (Å²) in [6.45, 7) is 10.8. The molecule has 0 aromatic heterocycles. The summed E-state index contributed by atoms with van der Waals surface area (Å²) in [6.07, 6.45) is -17.2. The number of halogens is 17. The molecular formula is C70H81Cl4F13N8O21. The van der Waals surface area contributed by atoms with E-state index in [9.17, 15) is 100 Å². The maximum Gasteiger partial charge on any atom is 0.522 e. The van der Waals surface area contributed by atoms with Crippen molar-refractivity contribution >= 4 is 100 Å². The fourth-order valence-electron chi connectivity index (χ4n) is 9.74. The van der Waals surface area contributed by atoms with Crippen LogP contribution in [0.1, 0.15) is 67.2 Å². The third-order valence-electron chi connectivity index (χ3n) is 15.5. The second kappa shape index (κ2) is 44.0. The molecule has 4 aromatic carbocycles. The van der Waals surface area contributed by atoms with Crippen molar-refractivity contribution < 1.29 is 158 Å². The van der Waals surface area contributed by atoms with Gasteiger partial charge in [-0.1, -0.05) is 46.4 Å². The lowest BCUT2D eigenvalue weighted by Gasteiger charge is -2.40. The Labute approximate surface area is 673 Å². The average Bonchev–Trinajstić information content (AvgIpc) is 0.802. The number of benzene rings is 4. The van der Waals surface area contributed by atoms with Crippen LogP contribution in [-0.4, -0.2) is 254 Å². The summed E-state index contributed by atoms with van der Waals surface area (Å²) in [5.74, 6) is -7.86. The van der Waals surface area contributed by atoms with Crippen LogP contribution in [0.4, 0.5) is 66.7 Å². The highest BCUT2D eigenvalue weighted by Crippen LogP contribution is 2.34. The molecule has 646 valence electrons. The normalized spacial score (nSPS) is 17.9. The maximum absolute atomic E-state index is 13.3. The predicted molar refractivity (Wildman–Crippen MR) is 381 cm³/mol. The van der Waals surface area contributed by atoms with Gasteiger partial charge in [0.05, 0.1) is 62.6 Å². The molecule has 4 heterocycles. The lowest BCUT2D eigenvalue weighted by molar-refractivity contribution is -0.358. The van der Waals surface area contributed by atoms with E-state index in [1.165, 1.54) is 58.3 Å². The summed E-state index contributed by atoms with van der Waals surface area (Å²) in [7, 11) is 0. The molecule has 7 amide bonds. The van der Waals surface area contributed by atoms with Crippen LogP contribution in [0.5, 0.6) is 23.0 Å². The molecule has 0 atom stereocenters. The summed E-state index contributed by atoms with van der Waals surface area (Å²) in [5.41, 5.74) is 4.57. The van der Waals surface area contributed by atoms with Crippen LogP contribution in [0.15, 0.2) is 72.8 Å². The molecule has 0 spiro atoms. The van der Waals surface area contributed by atoms with Crippen molar-refractivity contribution in [3.8, 4) is 23.0 Å². The highest BCUT2D eigenvalue weighted by molar-refractivity contribution is 6.31. The molecule has 0 radical (unpaired) electrons. The molecule has 0 bridgehead atoms. The molecule has 116 heavy (non-hydrogen) atoms. The van der Waals surface area contributed by atoms with Gasteiger partial charge >= 0.3 is 48.9 Å². The quantitative estimate of drug-likeness (QED) is 0.0376. The number of hydrogen-bond acceptors (Lipinski definition) is 20. The summed E-state index contributed by atoms with van der Waals surface area (Å²) in [4.78, 5) is 106. The first-order valence-electron chi connectivity index (χ1n) is 34.4. The monoisotopic (exact) mass is 1760 g/mol. The summed E-state index contributed by atoms with van der Waals surface area (Å²) >= 11 is 22.0. The molecule has 29 nitrogen and oxygen atoms in total. The lowest BCUT2D eigenvalue weighted by atomic mass is 9.92. The van der Waals surface area contributed by atoms with E-state index in [1.807, 2.05) is 20.8 Å². The van der Waals surface area contributed by atoms with Crippen LogP contribution in [0, 0.1) is 23.3 Å². The Morgan fingerprint density at radius 2 is 0.698 bits per heavy atom. The van der Waals surface area contributed by atoms with Gasteiger partial charge in [-0.2, -0.15) is 13.2 Å². The minimum absolute atomic E-state index is 0.0106. The first-order valence-corrected chi connectivity index (χ1v) is 36.0. The average molecular weight is 1760 g/mol. The molecule has 4 aromatic rings. The number of amides is 7. The van der Waals surface area contributed by atoms with Gasteiger partial charge in [-0.25, -0.2) is 36.7 Å². The SMILES string of the molecule is CC(C)(C)OC(=O)N1CC(N)C1.CC(C)(C)OC(=O)N1CC(NC(=O)COc2ccc(Cl)c(F)c2)C1.O=C(COc1ccc(Cl)c(F)c1)NC1CN(C(=O)C(F)(F)F)C1.O=C(COc1ccc(Cl)c(F)c1)NC1CN(C(=O)COC2CC(OC(F)(F)F)C2)C1.O=C(O)COC1CC(OC(F)(F)F)C1.O=C(O)COc1ccc(Cl)c(F)c1. The Balaban J connectivity index is 0.000000256. The number of carbonyl (C=O) groups excluding carboxylic acids is 7. The first kappa shape index (κ1) is 97.5. The van der Waals surface area contributed by atoms with Gasteiger partial charge in [0.2, 0.25) is 5.91 Å². The zero-order valence-corrected chi connectivity index (χ0v) is 65.2. The summed E-state index contributed by atoms with van der Waals surface area (Å²) in [5, 5.41) is 24.1. The zero-order chi connectivity index (χ0) is 87.0. The number of carbonyl (C=O) groups is 9. The molecule has 4 aliphatic heterocycles. The van der Waals surface area contributed by atoms with Crippen molar-refractivity contribution in [2.45, 2.75) is 146 Å². The van der Waals surface area contributed by atoms with Gasteiger partial charge in [-0.15, -0.1) is 26.3 Å². The molecule has 10 rings (SSSR count). The largest absolute Gasteiger partial charge is 0.522 e. The molecule has 7 N–H and O–H groups in total. The van der Waals surface area contributed by atoms with E-state index in [1.54, 1.807) is 25.7 Å². The van der Waals surface area contributed by atoms with Gasteiger partial charge in [-0.05, 0) is 90.1 Å². The molecule has 4 saturated heterocycles. The minimum atomic E-state index is -4.92. The van der Waals surface area contributed by atoms with Crippen molar-refractivity contribution in [2.24, 2.45) is 5.73 Å². The number of nitrogens with one attached hydrogen (secondary N) is 3. The molecule has 6 aliphatic rings. The number of nitrogens with zero attached hydrogens (tertiary/aromatic N) is 4. The fourth-order valence-corrected chi connectivity index (χ4v) is 10.2. The van der Waals surface area contributed by atoms with Crippen molar-refractivity contribution in [3.63, 3.8) is 0 Å². The van der Waals surface area contributed by atoms with E-state index in [0.717, 1.165) is 24.3 Å². The fraction of sp³-hybridized carbons (Fsp3) is 0.529. The van der Waals surface area contributed by atoms with E-state index in [0.29, 0.717) is 31.1 Å². The molecular weight excluding hydrogens is 1680 g/mol. The van der Waals surface area contributed by atoms with Crippen molar-refractivity contribution in [3.05, 3.63) is 116 Å². The Morgan fingerprint density at radius 1 is 0.414 bits per heavy atom. The Hall–Kier alpha value is -9.04. The van der Waals surface area contributed by atoms with Gasteiger partial charge in [0.15, 0.2) is 26.4 Å². The highest BCUT2D eigenvalue weighted by atomic mass is 35.5. The summed E-state index contributed by atoms with van der Waals surface area (Å²) < 4.78 is 208. The molecule has 0 unspecified atom stereocenters. The van der Waals surface area contributed by atoms with Gasteiger partial charge in [0.25, 0.3) is 17.7 Å². The van der Waals surface area contributed by atoms with E-state index < -0.39 is 139 Å². The summed E-state index contributed by atoms with van der Waals surface area (Å²) in [6, 6.07) is 14.3. The standard InChI is InChI=1S/C18H19ClF4N2O5.C16H20ClFN2O4.C13H11ClF4N2O3.C8H6ClFO3.C8H16N2O2.C7H9F3O4/c19-14-2-1-11(5-15(14)20)28-8-16(26)24-10-6-25(7-10)17(27)9-29-12-3-13(4-12)30-18(21,22)23;1-16(2,3)24-15(22)20-7-10(8-20)19-14(21)9-23-11-4-5-12(17)13(18)6-11;14-9-2-1-8(3-10(9)15)23-6-11(21)19-7-4-20(5-7)12(22)13(16,17)18;9-6-2-1-5(3-7(6)10)13-4-8(11)12;1-8(2,3)12-7(11)10-4-6(9)5-10;8-7(9,10)14-5-1-4(2-5)13-3-6(11)12/h1-2,5,10,12-13H,3-4,6-9H2,(H,24,26);4-6,10H,7-9H2,1-3H3,(H,19,21);1-3,7H,4-6H2,(H,19,21);1-3H,4H2,(H,11,12);6H,4-5,9H2,1-3H3;4-5H,1-3H2,(H,11,12). The number of carboxylic acid groups (broad SMARTS) is 2. The van der Waals surface area contributed by atoms with Crippen LogP contribution < -0.4 is 40.6 Å². The smallest absolute Gasteiger partial charge is 0.484 e. The minimum Gasteiger partial charge on any atom is -0.484 e. The van der Waals surface area contributed by atoms with E-state index in [4.69, 9.17) is 100 Å². The second-order valence-corrected chi connectivity index (χ2v) is 29.4. The number of carboxylic acids is 2. The Bertz CT molecular complexity index is 3990. The van der Waals surface area contributed by atoms with Crippen LogP contribution in [0.25, 0.3) is 0 Å². The lowest BCUT2D eigenvalue weighted by Crippen LogP contribution is -2.63. The van der Waals surface area contributed by atoms with Crippen molar-refractivity contribution in [1.82, 2.24) is 35.6 Å². The van der Waals surface area contributed by atoms with Crippen LogP contribution in [0.2, 0.25) is 20.1 Å². The van der Waals surface area contributed by atoms with Crippen molar-refractivity contribution in [2.75, 3.05) is 92.0 Å². The molecule has 46 heteroatoms. The molecule has 2 saturated carbocycles. The highest BCUT2D eigenvalue weighted by Gasteiger charge is 2.48. The number of aliphatic carboxylic acids is 2. The van der Waals surface area contributed by atoms with Crippen LogP contribution in [-0.2, 0) is 62.0 Å². The van der Waals surface area contributed by atoms with Gasteiger partial charge in [0, 0.05) is 108 Å². The van der Waals surface area contributed by atoms with E-state index in [2.05, 4.69) is 25.4 Å².